The quantitative estimate of drug-likeness (QED) is 0.677. The lowest BCUT2D eigenvalue weighted by atomic mass is 9.65. The number of benzene rings is 1. The molecule has 2 N–H and O–H groups in total. The molecule has 0 aliphatic heterocycles. The van der Waals surface area contributed by atoms with E-state index in [9.17, 15) is 10.1 Å². The molecule has 5 nitrogen and oxygen atoms in total. The number of hydrogen-bond donors (Lipinski definition) is 1. The zero-order valence-corrected chi connectivity index (χ0v) is 11.0. The van der Waals surface area contributed by atoms with Crippen LogP contribution in [0.15, 0.2) is 18.2 Å². The van der Waals surface area contributed by atoms with Crippen LogP contribution in [0.5, 0.6) is 5.75 Å². The van der Waals surface area contributed by atoms with E-state index in [4.69, 9.17) is 22.1 Å². The standard InChI is InChI=1S/C12H15ClN2O3/c1-12(2)10(14)6-11(12)18-9-4-3-7(15(16)17)5-8(9)13/h3-5,10-11H,6,14H2,1-2H3. The Hall–Kier alpha value is -1.33. The molecule has 6 heteroatoms. The number of non-ortho nitro benzene ring substituents is 1. The van der Waals surface area contributed by atoms with E-state index in [1.807, 2.05) is 13.8 Å². The molecular weight excluding hydrogens is 256 g/mol. The first-order chi connectivity index (χ1) is 8.32. The first kappa shape index (κ1) is 13.1. The van der Waals surface area contributed by atoms with Gasteiger partial charge >= 0.3 is 0 Å². The number of halogens is 1. The van der Waals surface area contributed by atoms with Gasteiger partial charge in [-0.25, -0.2) is 0 Å². The van der Waals surface area contributed by atoms with Gasteiger partial charge in [0.2, 0.25) is 0 Å². The van der Waals surface area contributed by atoms with Crippen molar-refractivity contribution in [2.75, 3.05) is 0 Å². The fourth-order valence-electron chi connectivity index (χ4n) is 1.97. The normalized spacial score (nSPS) is 25.3. The number of nitro benzene ring substituents is 1. The van der Waals surface area contributed by atoms with Gasteiger partial charge in [-0.15, -0.1) is 0 Å². The van der Waals surface area contributed by atoms with E-state index in [2.05, 4.69) is 0 Å². The first-order valence-electron chi connectivity index (χ1n) is 5.68. The molecule has 1 saturated carbocycles. The van der Waals surface area contributed by atoms with Crippen LogP contribution < -0.4 is 10.5 Å². The van der Waals surface area contributed by atoms with Crippen molar-refractivity contribution in [3.8, 4) is 5.75 Å². The van der Waals surface area contributed by atoms with Crippen LogP contribution >= 0.6 is 11.6 Å². The summed E-state index contributed by atoms with van der Waals surface area (Å²) in [5.41, 5.74) is 5.75. The molecule has 0 heterocycles. The average Bonchev–Trinajstić information content (AvgIpc) is 2.30. The average molecular weight is 271 g/mol. The Balaban J connectivity index is 2.14. The molecule has 1 aliphatic carbocycles. The van der Waals surface area contributed by atoms with Crippen LogP contribution in [0.4, 0.5) is 5.69 Å². The molecule has 1 fully saturated rings. The zero-order chi connectivity index (χ0) is 13.5. The van der Waals surface area contributed by atoms with Gasteiger partial charge in [-0.3, -0.25) is 10.1 Å². The molecule has 0 amide bonds. The molecule has 18 heavy (non-hydrogen) atoms. The summed E-state index contributed by atoms with van der Waals surface area (Å²) in [6, 6.07) is 4.31. The van der Waals surface area contributed by atoms with Crippen molar-refractivity contribution < 1.29 is 9.66 Å². The van der Waals surface area contributed by atoms with Crippen molar-refractivity contribution in [3.63, 3.8) is 0 Å². The van der Waals surface area contributed by atoms with E-state index < -0.39 is 4.92 Å². The minimum atomic E-state index is -0.487. The van der Waals surface area contributed by atoms with E-state index in [0.717, 1.165) is 6.42 Å². The predicted molar refractivity (Wildman–Crippen MR) is 68.9 cm³/mol. The maximum absolute atomic E-state index is 10.6. The minimum absolute atomic E-state index is 0.00791. The third-order valence-electron chi connectivity index (χ3n) is 3.65. The molecule has 0 aromatic heterocycles. The number of nitrogens with zero attached hydrogens (tertiary/aromatic N) is 1. The van der Waals surface area contributed by atoms with Crippen LogP contribution in [-0.2, 0) is 0 Å². The molecule has 0 spiro atoms. The van der Waals surface area contributed by atoms with Gasteiger partial charge < -0.3 is 10.5 Å². The van der Waals surface area contributed by atoms with E-state index in [-0.39, 0.29) is 28.3 Å². The highest BCUT2D eigenvalue weighted by Crippen LogP contribution is 2.43. The van der Waals surface area contributed by atoms with Crippen LogP contribution in [0.25, 0.3) is 0 Å². The fraction of sp³-hybridized carbons (Fsp3) is 0.500. The second-order valence-corrected chi connectivity index (χ2v) is 5.55. The van der Waals surface area contributed by atoms with Crippen molar-refractivity contribution in [2.24, 2.45) is 11.1 Å². The van der Waals surface area contributed by atoms with E-state index in [0.29, 0.717) is 5.75 Å². The molecule has 1 aliphatic rings. The molecular formula is C12H15ClN2O3. The Morgan fingerprint density at radius 1 is 1.56 bits per heavy atom. The van der Waals surface area contributed by atoms with Crippen molar-refractivity contribution in [1.82, 2.24) is 0 Å². The summed E-state index contributed by atoms with van der Waals surface area (Å²) in [5, 5.41) is 10.8. The monoisotopic (exact) mass is 270 g/mol. The summed E-state index contributed by atoms with van der Waals surface area (Å²) >= 11 is 5.97. The van der Waals surface area contributed by atoms with Crippen LogP contribution in [0.2, 0.25) is 5.02 Å². The summed E-state index contributed by atoms with van der Waals surface area (Å²) in [7, 11) is 0. The topological polar surface area (TPSA) is 78.4 Å². The van der Waals surface area contributed by atoms with Gasteiger partial charge in [0, 0.05) is 30.0 Å². The zero-order valence-electron chi connectivity index (χ0n) is 10.2. The molecule has 0 bridgehead atoms. The lowest BCUT2D eigenvalue weighted by Crippen LogP contribution is -2.60. The van der Waals surface area contributed by atoms with Crippen molar-refractivity contribution in [3.05, 3.63) is 33.3 Å². The number of hydrogen-bond acceptors (Lipinski definition) is 4. The summed E-state index contributed by atoms with van der Waals surface area (Å²) in [6.45, 7) is 4.07. The van der Waals surface area contributed by atoms with Crippen LogP contribution in [0.1, 0.15) is 20.3 Å². The number of ether oxygens (including phenoxy) is 1. The molecule has 2 rings (SSSR count). The van der Waals surface area contributed by atoms with Crippen LogP contribution in [-0.4, -0.2) is 17.1 Å². The fourth-order valence-corrected chi connectivity index (χ4v) is 2.19. The Kier molecular flexibility index (Phi) is 3.21. The third kappa shape index (κ3) is 2.15. The molecule has 1 aromatic carbocycles. The Morgan fingerprint density at radius 2 is 2.22 bits per heavy atom. The smallest absolute Gasteiger partial charge is 0.271 e. The second kappa shape index (κ2) is 4.40. The summed E-state index contributed by atoms with van der Waals surface area (Å²) in [4.78, 5) is 10.1. The molecule has 98 valence electrons. The van der Waals surface area contributed by atoms with Crippen LogP contribution in [0.3, 0.4) is 0 Å². The highest BCUT2D eigenvalue weighted by Gasteiger charge is 2.48. The van der Waals surface area contributed by atoms with Crippen LogP contribution in [0, 0.1) is 15.5 Å². The van der Waals surface area contributed by atoms with Crippen molar-refractivity contribution in [1.29, 1.82) is 0 Å². The third-order valence-corrected chi connectivity index (χ3v) is 3.94. The summed E-state index contributed by atoms with van der Waals surface area (Å²) in [6.07, 6.45) is 0.756. The van der Waals surface area contributed by atoms with Gasteiger partial charge in [0.05, 0.1) is 9.95 Å². The van der Waals surface area contributed by atoms with Gasteiger partial charge in [-0.05, 0) is 6.07 Å². The lowest BCUT2D eigenvalue weighted by molar-refractivity contribution is -0.384. The summed E-state index contributed by atoms with van der Waals surface area (Å²) in [5.74, 6) is 0.465. The Bertz CT molecular complexity index is 490. The highest BCUT2D eigenvalue weighted by atomic mass is 35.5. The molecule has 0 saturated heterocycles. The SMILES string of the molecule is CC1(C)C(N)CC1Oc1ccc([N+](=O)[O-])cc1Cl. The maximum Gasteiger partial charge on any atom is 0.271 e. The molecule has 2 unspecified atom stereocenters. The van der Waals surface area contributed by atoms with Crippen molar-refractivity contribution >= 4 is 17.3 Å². The predicted octanol–water partition coefficient (Wildman–Crippen LogP) is 2.75. The molecule has 2 atom stereocenters. The minimum Gasteiger partial charge on any atom is -0.488 e. The number of rotatable bonds is 3. The van der Waals surface area contributed by atoms with Gasteiger partial charge in [-0.1, -0.05) is 25.4 Å². The largest absolute Gasteiger partial charge is 0.488 e. The van der Waals surface area contributed by atoms with Gasteiger partial charge in [-0.2, -0.15) is 0 Å². The molecule has 1 aromatic rings. The number of nitrogens with two attached hydrogens (primary N) is 1. The van der Waals surface area contributed by atoms with Gasteiger partial charge in [0.1, 0.15) is 11.9 Å². The summed E-state index contributed by atoms with van der Waals surface area (Å²) < 4.78 is 5.77. The number of nitro groups is 1. The van der Waals surface area contributed by atoms with Gasteiger partial charge in [0.25, 0.3) is 5.69 Å². The Labute approximate surface area is 110 Å². The maximum atomic E-state index is 10.6. The second-order valence-electron chi connectivity index (χ2n) is 5.14. The lowest BCUT2D eigenvalue weighted by Gasteiger charge is -2.49. The highest BCUT2D eigenvalue weighted by molar-refractivity contribution is 6.32. The van der Waals surface area contributed by atoms with Gasteiger partial charge in [0.15, 0.2) is 0 Å². The van der Waals surface area contributed by atoms with Crippen molar-refractivity contribution in [2.45, 2.75) is 32.4 Å². The van der Waals surface area contributed by atoms with E-state index in [1.165, 1.54) is 18.2 Å². The first-order valence-corrected chi connectivity index (χ1v) is 6.06. The van der Waals surface area contributed by atoms with E-state index in [1.54, 1.807) is 0 Å². The van der Waals surface area contributed by atoms with E-state index >= 15 is 0 Å². The Morgan fingerprint density at radius 3 is 2.67 bits per heavy atom. The molecule has 0 radical (unpaired) electrons.